The van der Waals surface area contributed by atoms with Crippen molar-refractivity contribution in [1.82, 2.24) is 9.97 Å². The highest BCUT2D eigenvalue weighted by atomic mass is 19.1. The van der Waals surface area contributed by atoms with Crippen LogP contribution < -0.4 is 19.7 Å². The van der Waals surface area contributed by atoms with Gasteiger partial charge in [0, 0.05) is 20.6 Å². The predicted molar refractivity (Wildman–Crippen MR) is 92.7 cm³/mol. The van der Waals surface area contributed by atoms with Gasteiger partial charge in [0.25, 0.3) is 0 Å². The Hall–Kier alpha value is -2.57. The summed E-state index contributed by atoms with van der Waals surface area (Å²) in [4.78, 5) is 9.73. The Morgan fingerprint density at radius 1 is 1.17 bits per heavy atom. The van der Waals surface area contributed by atoms with E-state index in [1.807, 2.05) is 18.2 Å². The van der Waals surface area contributed by atoms with Gasteiger partial charge in [0.15, 0.2) is 23.1 Å². The van der Waals surface area contributed by atoms with Gasteiger partial charge in [-0.1, -0.05) is 6.07 Å². The number of ether oxygens (including phenoxy) is 2. The first kappa shape index (κ1) is 17.8. The highest BCUT2D eigenvalue weighted by Crippen LogP contribution is 2.27. The number of anilines is 2. The average molecular weight is 334 g/mol. The van der Waals surface area contributed by atoms with Crippen molar-refractivity contribution in [3.63, 3.8) is 0 Å². The summed E-state index contributed by atoms with van der Waals surface area (Å²) in [6, 6.07) is 5.88. The zero-order chi connectivity index (χ0) is 17.5. The molecule has 0 saturated heterocycles. The second-order valence-electron chi connectivity index (χ2n) is 5.48. The van der Waals surface area contributed by atoms with E-state index in [2.05, 4.69) is 15.3 Å². The van der Waals surface area contributed by atoms with Crippen molar-refractivity contribution in [3.05, 3.63) is 35.8 Å². The van der Waals surface area contributed by atoms with Gasteiger partial charge in [-0.3, -0.25) is 0 Å². The summed E-state index contributed by atoms with van der Waals surface area (Å²) < 4.78 is 24.1. The molecule has 1 aromatic carbocycles. The molecule has 0 atom stereocenters. The highest BCUT2D eigenvalue weighted by Gasteiger charge is 2.08. The monoisotopic (exact) mass is 334 g/mol. The van der Waals surface area contributed by atoms with E-state index in [4.69, 9.17) is 9.47 Å². The molecule has 0 spiro atoms. The molecular formula is C17H23FN4O2. The Morgan fingerprint density at radius 3 is 2.58 bits per heavy atom. The molecule has 0 radical (unpaired) electrons. The summed E-state index contributed by atoms with van der Waals surface area (Å²) in [6.07, 6.45) is 2.93. The van der Waals surface area contributed by atoms with Gasteiger partial charge in [-0.05, 0) is 30.5 Å². The third-order valence-electron chi connectivity index (χ3n) is 3.52. The van der Waals surface area contributed by atoms with Crippen LogP contribution in [0.25, 0.3) is 0 Å². The molecule has 0 aliphatic heterocycles. The molecule has 2 aromatic rings. The third kappa shape index (κ3) is 4.47. The zero-order valence-corrected chi connectivity index (χ0v) is 14.5. The first-order valence-electron chi connectivity index (χ1n) is 7.69. The Bertz CT molecular complexity index is 680. The van der Waals surface area contributed by atoms with Crippen LogP contribution in [0.3, 0.4) is 0 Å². The Morgan fingerprint density at radius 2 is 1.92 bits per heavy atom. The maximum atomic E-state index is 13.5. The summed E-state index contributed by atoms with van der Waals surface area (Å²) in [5.74, 6) is 1.70. The topological polar surface area (TPSA) is 59.5 Å². The van der Waals surface area contributed by atoms with Gasteiger partial charge in [-0.2, -0.15) is 4.98 Å². The van der Waals surface area contributed by atoms with Crippen LogP contribution in [0.4, 0.5) is 16.2 Å². The van der Waals surface area contributed by atoms with Crippen molar-refractivity contribution in [1.29, 1.82) is 0 Å². The summed E-state index contributed by atoms with van der Waals surface area (Å²) in [5, 5.41) is 3.12. The fourth-order valence-electron chi connectivity index (χ4n) is 2.29. The fraction of sp³-hybridized carbons (Fsp3) is 0.412. The minimum atomic E-state index is -0.434. The Labute approximate surface area is 141 Å². The summed E-state index contributed by atoms with van der Waals surface area (Å²) in [5.41, 5.74) is 1.16. The van der Waals surface area contributed by atoms with Gasteiger partial charge < -0.3 is 19.7 Å². The van der Waals surface area contributed by atoms with Crippen LogP contribution in [0, 0.1) is 5.82 Å². The molecule has 0 unspecified atom stereocenters. The lowest BCUT2D eigenvalue weighted by molar-refractivity contribution is 0.354. The lowest BCUT2D eigenvalue weighted by Crippen LogP contribution is -2.15. The molecule has 7 heteroatoms. The summed E-state index contributed by atoms with van der Waals surface area (Å²) in [7, 11) is 6.72. The van der Waals surface area contributed by atoms with Crippen LogP contribution in [0.5, 0.6) is 11.5 Å². The van der Waals surface area contributed by atoms with Crippen molar-refractivity contribution in [2.45, 2.75) is 12.8 Å². The van der Waals surface area contributed by atoms with Crippen LogP contribution in [-0.4, -0.2) is 44.8 Å². The van der Waals surface area contributed by atoms with E-state index in [0.717, 1.165) is 29.9 Å². The highest BCUT2D eigenvalue weighted by molar-refractivity contribution is 5.43. The van der Waals surface area contributed by atoms with Crippen molar-refractivity contribution in [2.75, 3.05) is 45.1 Å². The molecule has 0 aliphatic carbocycles. The van der Waals surface area contributed by atoms with Crippen LogP contribution in [0.15, 0.2) is 24.4 Å². The van der Waals surface area contributed by atoms with E-state index in [1.54, 1.807) is 33.2 Å². The number of nitrogens with zero attached hydrogens (tertiary/aromatic N) is 3. The molecule has 0 fully saturated rings. The first-order valence-corrected chi connectivity index (χ1v) is 7.69. The van der Waals surface area contributed by atoms with Crippen LogP contribution in [0.2, 0.25) is 0 Å². The smallest absolute Gasteiger partial charge is 0.224 e. The molecule has 6 nitrogen and oxygen atoms in total. The number of nitrogens with one attached hydrogen (secondary N) is 1. The van der Waals surface area contributed by atoms with Crippen molar-refractivity contribution in [2.24, 2.45) is 0 Å². The van der Waals surface area contributed by atoms with E-state index in [0.29, 0.717) is 12.5 Å². The van der Waals surface area contributed by atoms with Gasteiger partial charge in [0.1, 0.15) is 0 Å². The van der Waals surface area contributed by atoms with Crippen LogP contribution >= 0.6 is 0 Å². The lowest BCUT2D eigenvalue weighted by atomic mass is 10.1. The third-order valence-corrected chi connectivity index (χ3v) is 3.52. The van der Waals surface area contributed by atoms with E-state index >= 15 is 0 Å². The van der Waals surface area contributed by atoms with E-state index in [-0.39, 0.29) is 5.82 Å². The maximum absolute atomic E-state index is 13.5. The van der Waals surface area contributed by atoms with Crippen molar-refractivity contribution >= 4 is 11.8 Å². The minimum Gasteiger partial charge on any atom is -0.493 e. The van der Waals surface area contributed by atoms with Crippen LogP contribution in [0.1, 0.15) is 12.0 Å². The number of methoxy groups -OCH3 is 2. The molecule has 24 heavy (non-hydrogen) atoms. The normalized spacial score (nSPS) is 10.4. The maximum Gasteiger partial charge on any atom is 0.224 e. The number of aromatic nitrogens is 2. The number of halogens is 1. The standard InChI is InChI=1S/C17H23FN4O2/c1-22(2)16-13(18)11-20-17(21-16)19-9-5-6-12-7-8-14(23-3)15(10-12)24-4/h7-8,10-11H,5-6,9H2,1-4H3,(H,19,20,21). The van der Waals surface area contributed by atoms with E-state index in [1.165, 1.54) is 6.20 Å². The SMILES string of the molecule is COc1ccc(CCCNc2ncc(F)c(N(C)C)n2)cc1OC. The van der Waals surface area contributed by atoms with Gasteiger partial charge in [0.05, 0.1) is 20.4 Å². The number of benzene rings is 1. The molecule has 1 aromatic heterocycles. The van der Waals surface area contributed by atoms with Gasteiger partial charge in [-0.25, -0.2) is 9.37 Å². The Kier molecular flexibility index (Phi) is 6.17. The number of hydrogen-bond donors (Lipinski definition) is 1. The minimum absolute atomic E-state index is 0.271. The molecule has 2 rings (SSSR count). The fourth-order valence-corrected chi connectivity index (χ4v) is 2.29. The molecule has 0 amide bonds. The first-order chi connectivity index (χ1) is 11.5. The van der Waals surface area contributed by atoms with Crippen molar-refractivity contribution in [3.8, 4) is 11.5 Å². The molecule has 1 heterocycles. The molecule has 0 saturated carbocycles. The predicted octanol–water partition coefficient (Wildman–Crippen LogP) is 2.74. The summed E-state index contributed by atoms with van der Waals surface area (Å²) >= 11 is 0. The molecule has 1 N–H and O–H groups in total. The molecule has 130 valence electrons. The number of aryl methyl sites for hydroxylation is 1. The molecule has 0 aliphatic rings. The van der Waals surface area contributed by atoms with Crippen molar-refractivity contribution < 1.29 is 13.9 Å². The zero-order valence-electron chi connectivity index (χ0n) is 14.5. The molecule has 0 bridgehead atoms. The van der Waals surface area contributed by atoms with Crippen LogP contribution in [-0.2, 0) is 6.42 Å². The largest absolute Gasteiger partial charge is 0.493 e. The second kappa shape index (κ2) is 8.33. The van der Waals surface area contributed by atoms with Gasteiger partial charge >= 0.3 is 0 Å². The average Bonchev–Trinajstić information content (AvgIpc) is 2.59. The molecular weight excluding hydrogens is 311 g/mol. The quantitative estimate of drug-likeness (QED) is 0.749. The Balaban J connectivity index is 1.88. The van der Waals surface area contributed by atoms with E-state index < -0.39 is 5.82 Å². The lowest BCUT2D eigenvalue weighted by Gasteiger charge is -2.13. The summed E-state index contributed by atoms with van der Waals surface area (Å²) in [6.45, 7) is 0.687. The van der Waals surface area contributed by atoms with E-state index in [9.17, 15) is 4.39 Å². The second-order valence-corrected chi connectivity index (χ2v) is 5.48. The van der Waals surface area contributed by atoms with Gasteiger partial charge in [0.2, 0.25) is 5.95 Å². The van der Waals surface area contributed by atoms with Gasteiger partial charge in [-0.15, -0.1) is 0 Å². The number of hydrogen-bond acceptors (Lipinski definition) is 6. The number of rotatable bonds is 8.